The van der Waals surface area contributed by atoms with Crippen molar-refractivity contribution in [2.24, 2.45) is 4.99 Å². The van der Waals surface area contributed by atoms with Gasteiger partial charge in [0, 0.05) is 19.7 Å². The molecule has 1 aromatic heterocycles. The highest BCUT2D eigenvalue weighted by Gasteiger charge is 1.99. The molecule has 0 aliphatic rings. The molecule has 0 bridgehead atoms. The second-order valence-electron chi connectivity index (χ2n) is 5.23. The predicted octanol–water partition coefficient (Wildman–Crippen LogP) is 3.08. The van der Waals surface area contributed by atoms with Gasteiger partial charge in [0.15, 0.2) is 5.96 Å². The van der Waals surface area contributed by atoms with Gasteiger partial charge in [0.05, 0.1) is 12.8 Å². The second-order valence-corrected chi connectivity index (χ2v) is 5.23. The third-order valence-electron chi connectivity index (χ3n) is 3.26. The van der Waals surface area contributed by atoms with E-state index in [1.165, 1.54) is 12.1 Å². The number of aliphatic imine (C=N–C) groups is 1. The molecular formula is C18H24FN3O2. The van der Waals surface area contributed by atoms with E-state index in [4.69, 9.17) is 9.15 Å². The lowest BCUT2D eigenvalue weighted by Crippen LogP contribution is -2.38. The van der Waals surface area contributed by atoms with Crippen molar-refractivity contribution >= 4 is 5.96 Å². The molecule has 1 aromatic carbocycles. The van der Waals surface area contributed by atoms with Crippen LogP contribution in [-0.4, -0.2) is 25.7 Å². The lowest BCUT2D eigenvalue weighted by atomic mass is 10.2. The molecule has 0 atom stereocenters. The van der Waals surface area contributed by atoms with Gasteiger partial charge in [-0.15, -0.1) is 0 Å². The van der Waals surface area contributed by atoms with Crippen LogP contribution in [0.4, 0.5) is 4.39 Å². The van der Waals surface area contributed by atoms with Gasteiger partial charge in [0.25, 0.3) is 0 Å². The first-order chi connectivity index (χ1) is 11.8. The first-order valence-corrected chi connectivity index (χ1v) is 8.14. The molecule has 5 nitrogen and oxygen atoms in total. The molecule has 1 heterocycles. The molecule has 0 amide bonds. The number of ether oxygens (including phenoxy) is 1. The molecule has 2 rings (SSSR count). The summed E-state index contributed by atoms with van der Waals surface area (Å²) < 4.78 is 23.6. The second kappa shape index (κ2) is 10.4. The quantitative estimate of drug-likeness (QED) is 0.421. The van der Waals surface area contributed by atoms with Crippen LogP contribution in [0, 0.1) is 5.82 Å². The van der Waals surface area contributed by atoms with Crippen molar-refractivity contribution in [2.45, 2.75) is 26.5 Å². The molecule has 130 valence electrons. The minimum Gasteiger partial charge on any atom is -0.467 e. The van der Waals surface area contributed by atoms with E-state index in [0.29, 0.717) is 19.8 Å². The largest absolute Gasteiger partial charge is 0.467 e. The van der Waals surface area contributed by atoms with Gasteiger partial charge in [0.1, 0.15) is 18.2 Å². The molecule has 0 fully saturated rings. The molecule has 0 saturated heterocycles. The van der Waals surface area contributed by atoms with Gasteiger partial charge in [-0.2, -0.15) is 0 Å². The Bertz CT molecular complexity index is 597. The van der Waals surface area contributed by atoms with Crippen molar-refractivity contribution in [1.29, 1.82) is 0 Å². The highest BCUT2D eigenvalue weighted by atomic mass is 19.1. The number of halogens is 1. The number of furan rings is 1. The normalized spacial score (nSPS) is 11.5. The summed E-state index contributed by atoms with van der Waals surface area (Å²) in [6, 6.07) is 10.1. The smallest absolute Gasteiger partial charge is 0.191 e. The highest BCUT2D eigenvalue weighted by Crippen LogP contribution is 2.04. The Morgan fingerprint density at radius 1 is 1.21 bits per heavy atom. The van der Waals surface area contributed by atoms with Crippen molar-refractivity contribution in [2.75, 3.05) is 19.7 Å². The average molecular weight is 333 g/mol. The maximum atomic E-state index is 12.9. The molecule has 2 N–H and O–H groups in total. The average Bonchev–Trinajstić information content (AvgIpc) is 3.10. The fourth-order valence-electron chi connectivity index (χ4n) is 2.05. The zero-order valence-corrected chi connectivity index (χ0v) is 13.9. The van der Waals surface area contributed by atoms with E-state index in [1.54, 1.807) is 18.4 Å². The molecule has 0 spiro atoms. The SMILES string of the molecule is CCNC(=NCc1ccc(F)cc1)NCCCOCc1ccco1. The molecule has 2 aromatic rings. The fourth-order valence-corrected chi connectivity index (χ4v) is 2.05. The Labute approximate surface area is 141 Å². The molecule has 0 unspecified atom stereocenters. The van der Waals surface area contributed by atoms with E-state index in [2.05, 4.69) is 15.6 Å². The number of nitrogens with zero attached hydrogens (tertiary/aromatic N) is 1. The summed E-state index contributed by atoms with van der Waals surface area (Å²) in [5.41, 5.74) is 0.968. The zero-order chi connectivity index (χ0) is 17.0. The Hall–Kier alpha value is -2.34. The number of benzene rings is 1. The number of hydrogen-bond acceptors (Lipinski definition) is 3. The summed E-state index contributed by atoms with van der Waals surface area (Å²) in [6.07, 6.45) is 2.50. The Kier molecular flexibility index (Phi) is 7.83. The minimum atomic E-state index is -0.234. The van der Waals surface area contributed by atoms with Crippen LogP contribution < -0.4 is 10.6 Å². The molecule has 0 saturated carbocycles. The fraction of sp³-hybridized carbons (Fsp3) is 0.389. The van der Waals surface area contributed by atoms with Gasteiger partial charge in [-0.3, -0.25) is 0 Å². The highest BCUT2D eigenvalue weighted by molar-refractivity contribution is 5.79. The van der Waals surface area contributed by atoms with Gasteiger partial charge < -0.3 is 19.8 Å². The molecule has 0 radical (unpaired) electrons. The van der Waals surface area contributed by atoms with Gasteiger partial charge in [-0.1, -0.05) is 12.1 Å². The van der Waals surface area contributed by atoms with Crippen molar-refractivity contribution in [3.63, 3.8) is 0 Å². The molecular weight excluding hydrogens is 309 g/mol. The van der Waals surface area contributed by atoms with Crippen LogP contribution in [-0.2, 0) is 17.9 Å². The summed E-state index contributed by atoms with van der Waals surface area (Å²) in [6.45, 7) is 5.20. The summed E-state index contributed by atoms with van der Waals surface area (Å²) >= 11 is 0. The Morgan fingerprint density at radius 3 is 2.75 bits per heavy atom. The van der Waals surface area contributed by atoms with E-state index >= 15 is 0 Å². The van der Waals surface area contributed by atoms with Crippen LogP contribution in [0.1, 0.15) is 24.7 Å². The topological polar surface area (TPSA) is 58.8 Å². The molecule has 24 heavy (non-hydrogen) atoms. The predicted molar refractivity (Wildman–Crippen MR) is 92.2 cm³/mol. The van der Waals surface area contributed by atoms with Crippen LogP contribution in [0.25, 0.3) is 0 Å². The van der Waals surface area contributed by atoms with E-state index in [-0.39, 0.29) is 5.82 Å². The van der Waals surface area contributed by atoms with Crippen molar-refractivity contribution in [1.82, 2.24) is 10.6 Å². The Balaban J connectivity index is 1.66. The summed E-state index contributed by atoms with van der Waals surface area (Å²) in [5, 5.41) is 6.44. The number of hydrogen-bond donors (Lipinski definition) is 2. The van der Waals surface area contributed by atoms with Crippen LogP contribution in [0.3, 0.4) is 0 Å². The van der Waals surface area contributed by atoms with Crippen LogP contribution in [0.2, 0.25) is 0 Å². The number of guanidine groups is 1. The van der Waals surface area contributed by atoms with Crippen LogP contribution in [0.15, 0.2) is 52.1 Å². The summed E-state index contributed by atoms with van der Waals surface area (Å²) in [5.74, 6) is 1.34. The van der Waals surface area contributed by atoms with Gasteiger partial charge in [-0.25, -0.2) is 9.38 Å². The standard InChI is InChI=1S/C18H24FN3O2/c1-2-20-18(22-13-15-6-8-16(19)9-7-15)21-10-4-11-23-14-17-5-3-12-24-17/h3,5-9,12H,2,4,10-11,13-14H2,1H3,(H2,20,21,22). The monoisotopic (exact) mass is 333 g/mol. The zero-order valence-electron chi connectivity index (χ0n) is 13.9. The first kappa shape index (κ1) is 18.0. The van der Waals surface area contributed by atoms with Gasteiger partial charge in [0.2, 0.25) is 0 Å². The molecule has 0 aliphatic carbocycles. The maximum Gasteiger partial charge on any atom is 0.191 e. The minimum absolute atomic E-state index is 0.234. The summed E-state index contributed by atoms with van der Waals surface area (Å²) in [7, 11) is 0. The molecule has 0 aliphatic heterocycles. The molecule has 6 heteroatoms. The third kappa shape index (κ3) is 6.83. The van der Waals surface area contributed by atoms with Crippen LogP contribution in [0.5, 0.6) is 0 Å². The third-order valence-corrected chi connectivity index (χ3v) is 3.26. The van der Waals surface area contributed by atoms with Gasteiger partial charge in [-0.05, 0) is 43.2 Å². The summed E-state index contributed by atoms with van der Waals surface area (Å²) in [4.78, 5) is 4.49. The lowest BCUT2D eigenvalue weighted by Gasteiger charge is -2.11. The number of nitrogens with one attached hydrogen (secondary N) is 2. The van der Waals surface area contributed by atoms with E-state index in [9.17, 15) is 4.39 Å². The van der Waals surface area contributed by atoms with E-state index in [1.807, 2.05) is 19.1 Å². The van der Waals surface area contributed by atoms with Crippen molar-refractivity contribution in [3.05, 3.63) is 59.8 Å². The number of rotatable bonds is 9. The lowest BCUT2D eigenvalue weighted by molar-refractivity contribution is 0.105. The van der Waals surface area contributed by atoms with Gasteiger partial charge >= 0.3 is 0 Å². The van der Waals surface area contributed by atoms with E-state index in [0.717, 1.165) is 36.8 Å². The van der Waals surface area contributed by atoms with Crippen molar-refractivity contribution < 1.29 is 13.5 Å². The Morgan fingerprint density at radius 2 is 2.04 bits per heavy atom. The van der Waals surface area contributed by atoms with Crippen molar-refractivity contribution in [3.8, 4) is 0 Å². The van der Waals surface area contributed by atoms with E-state index < -0.39 is 0 Å². The maximum absolute atomic E-state index is 12.9. The van der Waals surface area contributed by atoms with Crippen LogP contribution >= 0.6 is 0 Å². The first-order valence-electron chi connectivity index (χ1n) is 8.14.